The Morgan fingerprint density at radius 2 is 1.56 bits per heavy atom. The number of hydrogen-bond acceptors (Lipinski definition) is 4. The molecule has 1 fully saturated rings. The average molecular weight is 341 g/mol. The molecular weight excluding hydrogens is 318 g/mol. The van der Waals surface area contributed by atoms with Gasteiger partial charge >= 0.3 is 0 Å². The molecule has 2 amide bonds. The highest BCUT2D eigenvalue weighted by Gasteiger charge is 2.27. The first-order chi connectivity index (χ1) is 12.0. The number of aromatic nitrogens is 1. The van der Waals surface area contributed by atoms with Gasteiger partial charge in [-0.05, 0) is 30.5 Å². The Morgan fingerprint density at radius 1 is 1.00 bits per heavy atom. The molecule has 1 saturated heterocycles. The number of nitrogens with zero attached hydrogens (tertiary/aromatic N) is 3. The van der Waals surface area contributed by atoms with E-state index in [2.05, 4.69) is 19.0 Å². The maximum absolute atomic E-state index is 12.6. The molecule has 0 spiro atoms. The second-order valence-electron chi connectivity index (χ2n) is 6.69. The lowest BCUT2D eigenvalue weighted by Crippen LogP contribution is -2.50. The molecule has 0 N–H and O–H groups in total. The second-order valence-corrected chi connectivity index (χ2v) is 6.69. The SMILES string of the molecule is Cc1cc(C(=O)N2CCN(C(=O)c3ccc(C(C)C)cc3)CC2)on1. The van der Waals surface area contributed by atoms with Gasteiger partial charge in [0.1, 0.15) is 0 Å². The molecule has 0 saturated carbocycles. The molecule has 3 rings (SSSR count). The molecule has 1 aliphatic heterocycles. The van der Waals surface area contributed by atoms with E-state index in [1.807, 2.05) is 24.3 Å². The summed E-state index contributed by atoms with van der Waals surface area (Å²) in [5.74, 6) is 0.534. The zero-order valence-electron chi connectivity index (χ0n) is 14.9. The van der Waals surface area contributed by atoms with Crippen molar-refractivity contribution in [3.63, 3.8) is 0 Å². The van der Waals surface area contributed by atoms with Gasteiger partial charge in [-0.15, -0.1) is 0 Å². The summed E-state index contributed by atoms with van der Waals surface area (Å²) in [5.41, 5.74) is 2.59. The van der Waals surface area contributed by atoms with Crippen LogP contribution in [0, 0.1) is 6.92 Å². The van der Waals surface area contributed by atoms with Crippen molar-refractivity contribution in [2.75, 3.05) is 26.2 Å². The van der Waals surface area contributed by atoms with Gasteiger partial charge < -0.3 is 14.3 Å². The first kappa shape index (κ1) is 17.2. The molecule has 0 atom stereocenters. The number of amides is 2. The number of aryl methyl sites for hydroxylation is 1. The van der Waals surface area contributed by atoms with Crippen LogP contribution in [-0.4, -0.2) is 52.9 Å². The zero-order valence-corrected chi connectivity index (χ0v) is 14.9. The van der Waals surface area contributed by atoms with Crippen molar-refractivity contribution in [2.24, 2.45) is 0 Å². The summed E-state index contributed by atoms with van der Waals surface area (Å²) in [4.78, 5) is 28.5. The number of benzene rings is 1. The highest BCUT2D eigenvalue weighted by atomic mass is 16.5. The molecule has 6 nitrogen and oxygen atoms in total. The molecule has 1 aromatic heterocycles. The van der Waals surface area contributed by atoms with E-state index in [0.717, 1.165) is 0 Å². The number of carbonyl (C=O) groups excluding carboxylic acids is 2. The number of rotatable bonds is 3. The van der Waals surface area contributed by atoms with Crippen LogP contribution < -0.4 is 0 Å². The van der Waals surface area contributed by atoms with Crippen molar-refractivity contribution in [3.05, 3.63) is 52.9 Å². The lowest BCUT2D eigenvalue weighted by Gasteiger charge is -2.34. The summed E-state index contributed by atoms with van der Waals surface area (Å²) in [6, 6.07) is 9.41. The normalized spacial score (nSPS) is 14.9. The minimum atomic E-state index is -0.172. The van der Waals surface area contributed by atoms with Crippen LogP contribution in [-0.2, 0) is 0 Å². The van der Waals surface area contributed by atoms with Crippen LogP contribution in [0.5, 0.6) is 0 Å². The minimum absolute atomic E-state index is 0.0120. The van der Waals surface area contributed by atoms with E-state index >= 15 is 0 Å². The monoisotopic (exact) mass is 341 g/mol. The van der Waals surface area contributed by atoms with Crippen molar-refractivity contribution in [3.8, 4) is 0 Å². The van der Waals surface area contributed by atoms with E-state index in [1.165, 1.54) is 5.56 Å². The summed E-state index contributed by atoms with van der Waals surface area (Å²) >= 11 is 0. The molecular formula is C19H23N3O3. The van der Waals surface area contributed by atoms with Crippen LogP contribution in [0.4, 0.5) is 0 Å². The van der Waals surface area contributed by atoms with Gasteiger partial charge in [0, 0.05) is 37.8 Å². The highest BCUT2D eigenvalue weighted by molar-refractivity contribution is 5.95. The van der Waals surface area contributed by atoms with Gasteiger partial charge in [-0.3, -0.25) is 9.59 Å². The van der Waals surface area contributed by atoms with Crippen molar-refractivity contribution < 1.29 is 14.1 Å². The van der Waals surface area contributed by atoms with Crippen LogP contribution in [0.3, 0.4) is 0 Å². The van der Waals surface area contributed by atoms with Crippen molar-refractivity contribution in [1.82, 2.24) is 15.0 Å². The highest BCUT2D eigenvalue weighted by Crippen LogP contribution is 2.17. The maximum atomic E-state index is 12.6. The lowest BCUT2D eigenvalue weighted by molar-refractivity contribution is 0.0512. The second kappa shape index (κ2) is 7.09. The van der Waals surface area contributed by atoms with E-state index in [1.54, 1.807) is 22.8 Å². The summed E-state index contributed by atoms with van der Waals surface area (Å²) in [6.07, 6.45) is 0. The van der Waals surface area contributed by atoms with Crippen molar-refractivity contribution in [1.29, 1.82) is 0 Å². The van der Waals surface area contributed by atoms with Gasteiger partial charge in [0.25, 0.3) is 11.8 Å². The fourth-order valence-corrected chi connectivity index (χ4v) is 2.93. The van der Waals surface area contributed by atoms with Gasteiger partial charge in [-0.2, -0.15) is 0 Å². The Balaban J connectivity index is 1.59. The summed E-state index contributed by atoms with van der Waals surface area (Å²) in [6.45, 7) is 8.06. The fourth-order valence-electron chi connectivity index (χ4n) is 2.93. The number of piperazine rings is 1. The topological polar surface area (TPSA) is 66.7 Å². The molecule has 1 aliphatic rings. The van der Waals surface area contributed by atoms with Crippen LogP contribution in [0.1, 0.15) is 51.9 Å². The Bertz CT molecular complexity index is 756. The third-order valence-corrected chi connectivity index (χ3v) is 4.52. The van der Waals surface area contributed by atoms with E-state index in [0.29, 0.717) is 43.4 Å². The first-order valence-corrected chi connectivity index (χ1v) is 8.57. The molecule has 2 heterocycles. The van der Waals surface area contributed by atoms with Crippen molar-refractivity contribution >= 4 is 11.8 Å². The third-order valence-electron chi connectivity index (χ3n) is 4.52. The van der Waals surface area contributed by atoms with E-state index < -0.39 is 0 Å². The first-order valence-electron chi connectivity index (χ1n) is 8.57. The number of hydrogen-bond donors (Lipinski definition) is 0. The molecule has 0 bridgehead atoms. The third kappa shape index (κ3) is 3.73. The molecule has 0 unspecified atom stereocenters. The van der Waals surface area contributed by atoms with E-state index in [4.69, 9.17) is 4.52 Å². The maximum Gasteiger partial charge on any atom is 0.292 e. The molecule has 1 aromatic carbocycles. The van der Waals surface area contributed by atoms with Gasteiger partial charge in [0.15, 0.2) is 0 Å². The van der Waals surface area contributed by atoms with Crippen LogP contribution >= 0.6 is 0 Å². The quantitative estimate of drug-likeness (QED) is 0.861. The Hall–Kier alpha value is -2.63. The van der Waals surface area contributed by atoms with Crippen LogP contribution in [0.25, 0.3) is 0 Å². The average Bonchev–Trinajstić information content (AvgIpc) is 3.07. The summed E-state index contributed by atoms with van der Waals surface area (Å²) in [5, 5.41) is 3.75. The lowest BCUT2D eigenvalue weighted by atomic mass is 10.0. The molecule has 0 aliphatic carbocycles. The standard InChI is InChI=1S/C19H23N3O3/c1-13(2)15-4-6-16(7-5-15)18(23)21-8-10-22(11-9-21)19(24)17-12-14(3)20-25-17/h4-7,12-13H,8-11H2,1-3H3. The zero-order chi connectivity index (χ0) is 18.0. The van der Waals surface area contributed by atoms with E-state index in [9.17, 15) is 9.59 Å². The fraction of sp³-hybridized carbons (Fsp3) is 0.421. The molecule has 6 heteroatoms. The number of carbonyl (C=O) groups is 2. The summed E-state index contributed by atoms with van der Waals surface area (Å²) < 4.78 is 5.03. The molecule has 0 radical (unpaired) electrons. The van der Waals surface area contributed by atoms with Gasteiger partial charge in [0.05, 0.1) is 5.69 Å². The van der Waals surface area contributed by atoms with Crippen LogP contribution in [0.15, 0.2) is 34.9 Å². The van der Waals surface area contributed by atoms with Crippen LogP contribution in [0.2, 0.25) is 0 Å². The largest absolute Gasteiger partial charge is 0.351 e. The molecule has 132 valence electrons. The Kier molecular flexibility index (Phi) is 4.88. The van der Waals surface area contributed by atoms with Gasteiger partial charge in [0.2, 0.25) is 5.76 Å². The predicted molar refractivity (Wildman–Crippen MR) is 93.6 cm³/mol. The smallest absolute Gasteiger partial charge is 0.292 e. The van der Waals surface area contributed by atoms with Gasteiger partial charge in [-0.1, -0.05) is 31.1 Å². The predicted octanol–water partition coefficient (Wildman–Crippen LogP) is 2.70. The summed E-state index contributed by atoms with van der Waals surface area (Å²) in [7, 11) is 0. The van der Waals surface area contributed by atoms with E-state index in [-0.39, 0.29) is 17.6 Å². The Labute approximate surface area is 147 Å². The molecule has 2 aromatic rings. The van der Waals surface area contributed by atoms with Gasteiger partial charge in [-0.25, -0.2) is 0 Å². The van der Waals surface area contributed by atoms with Crippen molar-refractivity contribution in [2.45, 2.75) is 26.7 Å². The Morgan fingerprint density at radius 3 is 2.04 bits per heavy atom. The molecule has 25 heavy (non-hydrogen) atoms. The minimum Gasteiger partial charge on any atom is -0.351 e.